The molecular formula is C15H11Cl2FN2O. The van der Waals surface area contributed by atoms with Gasteiger partial charge in [-0.15, -0.1) is 0 Å². The molecule has 0 aliphatic rings. The molecule has 0 aromatic heterocycles. The van der Waals surface area contributed by atoms with Crippen LogP contribution in [0.3, 0.4) is 0 Å². The highest BCUT2D eigenvalue weighted by atomic mass is 35.5. The molecule has 0 heterocycles. The van der Waals surface area contributed by atoms with E-state index in [9.17, 15) is 9.18 Å². The SMILES string of the molecule is Cc1ccc(C(=O)N/N=C\c2c(F)cccc2Cl)c(Cl)c1. The summed E-state index contributed by atoms with van der Waals surface area (Å²) >= 11 is 11.8. The lowest BCUT2D eigenvalue weighted by Crippen LogP contribution is -2.18. The van der Waals surface area contributed by atoms with Crippen molar-refractivity contribution in [3.8, 4) is 0 Å². The number of benzene rings is 2. The van der Waals surface area contributed by atoms with Crippen LogP contribution in [0.5, 0.6) is 0 Å². The minimum atomic E-state index is -0.520. The molecular weight excluding hydrogens is 314 g/mol. The minimum Gasteiger partial charge on any atom is -0.267 e. The second-order valence-electron chi connectivity index (χ2n) is 4.32. The molecule has 1 N–H and O–H groups in total. The van der Waals surface area contributed by atoms with Crippen LogP contribution in [0.25, 0.3) is 0 Å². The standard InChI is InChI=1S/C15H11Cl2FN2O/c1-9-5-6-10(13(17)7-9)15(21)20-19-8-11-12(16)3-2-4-14(11)18/h2-8H,1H3,(H,20,21)/b19-8-. The molecule has 2 aromatic rings. The molecule has 0 bridgehead atoms. The van der Waals surface area contributed by atoms with Crippen LogP contribution in [0.4, 0.5) is 4.39 Å². The van der Waals surface area contributed by atoms with Crippen molar-refractivity contribution in [2.24, 2.45) is 5.10 Å². The van der Waals surface area contributed by atoms with E-state index in [1.807, 2.05) is 6.92 Å². The summed E-state index contributed by atoms with van der Waals surface area (Å²) in [7, 11) is 0. The number of rotatable bonds is 3. The number of halogens is 3. The van der Waals surface area contributed by atoms with Crippen molar-refractivity contribution >= 4 is 35.3 Å². The molecule has 21 heavy (non-hydrogen) atoms. The van der Waals surface area contributed by atoms with Crippen LogP contribution in [0.2, 0.25) is 10.0 Å². The highest BCUT2D eigenvalue weighted by Gasteiger charge is 2.09. The monoisotopic (exact) mass is 324 g/mol. The fourth-order valence-electron chi connectivity index (χ4n) is 1.65. The van der Waals surface area contributed by atoms with E-state index < -0.39 is 11.7 Å². The molecule has 0 fully saturated rings. The molecule has 0 saturated carbocycles. The van der Waals surface area contributed by atoms with Crippen LogP contribution in [0.1, 0.15) is 21.5 Å². The van der Waals surface area contributed by atoms with Crippen LogP contribution in [-0.4, -0.2) is 12.1 Å². The first-order chi connectivity index (χ1) is 9.99. The Morgan fingerprint density at radius 3 is 2.67 bits per heavy atom. The summed E-state index contributed by atoms with van der Waals surface area (Å²) < 4.78 is 13.5. The Bertz CT molecular complexity index is 697. The van der Waals surface area contributed by atoms with Crippen molar-refractivity contribution < 1.29 is 9.18 Å². The van der Waals surface area contributed by atoms with E-state index in [1.54, 1.807) is 18.2 Å². The molecule has 2 rings (SSSR count). The van der Waals surface area contributed by atoms with Crippen LogP contribution >= 0.6 is 23.2 Å². The van der Waals surface area contributed by atoms with Gasteiger partial charge in [-0.3, -0.25) is 4.79 Å². The molecule has 0 aliphatic heterocycles. The van der Waals surface area contributed by atoms with Crippen LogP contribution in [0, 0.1) is 12.7 Å². The van der Waals surface area contributed by atoms with Crippen molar-refractivity contribution in [3.63, 3.8) is 0 Å². The minimum absolute atomic E-state index is 0.106. The topological polar surface area (TPSA) is 41.5 Å². The van der Waals surface area contributed by atoms with Gasteiger partial charge in [0.2, 0.25) is 0 Å². The van der Waals surface area contributed by atoms with E-state index in [4.69, 9.17) is 23.2 Å². The normalized spacial score (nSPS) is 10.9. The van der Waals surface area contributed by atoms with Crippen molar-refractivity contribution in [2.75, 3.05) is 0 Å². The fourth-order valence-corrected chi connectivity index (χ4v) is 2.19. The first kappa shape index (κ1) is 15.5. The molecule has 0 atom stereocenters. The van der Waals surface area contributed by atoms with E-state index in [2.05, 4.69) is 10.5 Å². The summed E-state index contributed by atoms with van der Waals surface area (Å²) in [6.45, 7) is 1.87. The molecule has 0 spiro atoms. The second kappa shape index (κ2) is 6.70. The Hall–Kier alpha value is -1.91. The smallest absolute Gasteiger partial charge is 0.267 e. The third-order valence-electron chi connectivity index (χ3n) is 2.73. The summed E-state index contributed by atoms with van der Waals surface area (Å²) in [6.07, 6.45) is 1.15. The fraction of sp³-hybridized carbons (Fsp3) is 0.0667. The van der Waals surface area contributed by atoms with Gasteiger partial charge in [-0.2, -0.15) is 5.10 Å². The van der Waals surface area contributed by atoms with Gasteiger partial charge in [0.15, 0.2) is 0 Å². The Kier molecular flexibility index (Phi) is 4.94. The first-order valence-corrected chi connectivity index (χ1v) is 6.78. The maximum absolute atomic E-state index is 13.5. The quantitative estimate of drug-likeness (QED) is 0.667. The summed E-state index contributed by atoms with van der Waals surface area (Å²) in [6, 6.07) is 9.31. The third kappa shape index (κ3) is 3.80. The summed E-state index contributed by atoms with van der Waals surface area (Å²) in [5.41, 5.74) is 3.62. The van der Waals surface area contributed by atoms with Gasteiger partial charge in [-0.05, 0) is 36.8 Å². The lowest BCUT2D eigenvalue weighted by atomic mass is 10.1. The first-order valence-electron chi connectivity index (χ1n) is 6.02. The second-order valence-corrected chi connectivity index (χ2v) is 5.13. The van der Waals surface area contributed by atoms with Gasteiger partial charge >= 0.3 is 0 Å². The molecule has 3 nitrogen and oxygen atoms in total. The molecule has 108 valence electrons. The Morgan fingerprint density at radius 1 is 1.24 bits per heavy atom. The molecule has 0 radical (unpaired) electrons. The average molecular weight is 325 g/mol. The van der Waals surface area contributed by atoms with Gasteiger partial charge in [0.25, 0.3) is 5.91 Å². The Morgan fingerprint density at radius 2 is 2.00 bits per heavy atom. The summed E-state index contributed by atoms with van der Waals surface area (Å²) in [5, 5.41) is 4.23. The largest absolute Gasteiger partial charge is 0.272 e. The third-order valence-corrected chi connectivity index (χ3v) is 3.37. The van der Waals surface area contributed by atoms with E-state index in [1.165, 1.54) is 18.2 Å². The number of hydrogen-bond acceptors (Lipinski definition) is 2. The highest BCUT2D eigenvalue weighted by molar-refractivity contribution is 6.34. The van der Waals surface area contributed by atoms with Gasteiger partial charge in [0.1, 0.15) is 5.82 Å². The molecule has 0 unspecified atom stereocenters. The van der Waals surface area contributed by atoms with Crippen LogP contribution in [-0.2, 0) is 0 Å². The van der Waals surface area contributed by atoms with Crippen molar-refractivity contribution in [1.82, 2.24) is 5.43 Å². The predicted molar refractivity (Wildman–Crippen MR) is 82.7 cm³/mol. The lowest BCUT2D eigenvalue weighted by Gasteiger charge is -2.04. The Labute approximate surface area is 131 Å². The number of amides is 1. The molecule has 1 amide bonds. The van der Waals surface area contributed by atoms with Gasteiger partial charge < -0.3 is 0 Å². The number of aryl methyl sites for hydroxylation is 1. The zero-order valence-electron chi connectivity index (χ0n) is 11.0. The van der Waals surface area contributed by atoms with Gasteiger partial charge in [-0.1, -0.05) is 35.3 Å². The molecule has 0 aliphatic carbocycles. The summed E-state index contributed by atoms with van der Waals surface area (Å²) in [4.78, 5) is 11.9. The lowest BCUT2D eigenvalue weighted by molar-refractivity contribution is 0.0955. The number of hydrogen-bond donors (Lipinski definition) is 1. The Balaban J connectivity index is 2.12. The van der Waals surface area contributed by atoms with Crippen molar-refractivity contribution in [1.29, 1.82) is 0 Å². The predicted octanol–water partition coefficient (Wildman–Crippen LogP) is 4.20. The maximum Gasteiger partial charge on any atom is 0.272 e. The molecule has 0 saturated heterocycles. The average Bonchev–Trinajstić information content (AvgIpc) is 2.42. The summed E-state index contributed by atoms with van der Waals surface area (Å²) in [5.74, 6) is -1.00. The zero-order chi connectivity index (χ0) is 15.4. The molecule has 2 aromatic carbocycles. The zero-order valence-corrected chi connectivity index (χ0v) is 12.5. The van der Waals surface area contributed by atoms with E-state index in [0.29, 0.717) is 10.6 Å². The van der Waals surface area contributed by atoms with Crippen LogP contribution < -0.4 is 5.43 Å². The maximum atomic E-state index is 13.5. The van der Waals surface area contributed by atoms with E-state index in [-0.39, 0.29) is 10.6 Å². The van der Waals surface area contributed by atoms with Crippen molar-refractivity contribution in [2.45, 2.75) is 6.92 Å². The van der Waals surface area contributed by atoms with Crippen LogP contribution in [0.15, 0.2) is 41.5 Å². The number of carbonyl (C=O) groups excluding carboxylic acids is 1. The van der Waals surface area contributed by atoms with E-state index >= 15 is 0 Å². The van der Waals surface area contributed by atoms with Gasteiger partial charge in [0, 0.05) is 5.56 Å². The number of carbonyl (C=O) groups is 1. The highest BCUT2D eigenvalue weighted by Crippen LogP contribution is 2.18. The van der Waals surface area contributed by atoms with Gasteiger partial charge in [0.05, 0.1) is 21.8 Å². The van der Waals surface area contributed by atoms with Crippen molar-refractivity contribution in [3.05, 3.63) is 69.0 Å². The number of hydrazone groups is 1. The number of nitrogens with one attached hydrogen (secondary N) is 1. The van der Waals surface area contributed by atoms with Gasteiger partial charge in [-0.25, -0.2) is 9.82 Å². The number of nitrogens with zero attached hydrogens (tertiary/aromatic N) is 1. The molecule has 6 heteroatoms. The van der Waals surface area contributed by atoms with E-state index in [0.717, 1.165) is 11.8 Å².